The number of aliphatic carboxylic acids is 1. The third-order valence-corrected chi connectivity index (χ3v) is 2.34. The van der Waals surface area contributed by atoms with Gasteiger partial charge >= 0.3 is 11.9 Å². The normalized spacial score (nSPS) is 10.0. The molecule has 1 rings (SSSR count). The van der Waals surface area contributed by atoms with Gasteiger partial charge in [-0.3, -0.25) is 4.79 Å². The standard InChI is InChI=1S/C11H12O4/c1-6-3-4-8(5-9(12)13)7(2)10(6)11(14)15/h3-4H,5H2,1-2H3,(H,12,13)(H,14,15). The summed E-state index contributed by atoms with van der Waals surface area (Å²) in [4.78, 5) is 21.5. The summed E-state index contributed by atoms with van der Waals surface area (Å²) in [6, 6.07) is 3.29. The predicted octanol–water partition coefficient (Wildman–Crippen LogP) is 1.63. The van der Waals surface area contributed by atoms with E-state index in [2.05, 4.69) is 0 Å². The Morgan fingerprint density at radius 2 is 1.80 bits per heavy atom. The van der Waals surface area contributed by atoms with Gasteiger partial charge in [-0.2, -0.15) is 0 Å². The van der Waals surface area contributed by atoms with E-state index in [1.165, 1.54) is 0 Å². The van der Waals surface area contributed by atoms with Crippen molar-refractivity contribution in [2.75, 3.05) is 0 Å². The molecule has 2 N–H and O–H groups in total. The van der Waals surface area contributed by atoms with Gasteiger partial charge in [0.05, 0.1) is 12.0 Å². The van der Waals surface area contributed by atoms with E-state index in [9.17, 15) is 9.59 Å². The molecule has 0 unspecified atom stereocenters. The minimum Gasteiger partial charge on any atom is -0.481 e. The number of hydrogen-bond donors (Lipinski definition) is 2. The maximum Gasteiger partial charge on any atom is 0.336 e. The zero-order valence-electron chi connectivity index (χ0n) is 8.57. The van der Waals surface area contributed by atoms with E-state index in [4.69, 9.17) is 10.2 Å². The van der Waals surface area contributed by atoms with Crippen molar-refractivity contribution in [1.29, 1.82) is 0 Å². The minimum atomic E-state index is -1.02. The average Bonchev–Trinajstić information content (AvgIpc) is 2.09. The van der Waals surface area contributed by atoms with E-state index in [1.54, 1.807) is 26.0 Å². The molecule has 0 saturated heterocycles. The van der Waals surface area contributed by atoms with Crippen LogP contribution >= 0.6 is 0 Å². The zero-order valence-corrected chi connectivity index (χ0v) is 8.57. The lowest BCUT2D eigenvalue weighted by molar-refractivity contribution is -0.136. The largest absolute Gasteiger partial charge is 0.481 e. The van der Waals surface area contributed by atoms with Crippen LogP contribution in [0.3, 0.4) is 0 Å². The van der Waals surface area contributed by atoms with Crippen molar-refractivity contribution in [3.63, 3.8) is 0 Å². The van der Waals surface area contributed by atoms with Crippen LogP contribution in [0.25, 0.3) is 0 Å². The summed E-state index contributed by atoms with van der Waals surface area (Å²) < 4.78 is 0. The van der Waals surface area contributed by atoms with Crippen LogP contribution in [0.1, 0.15) is 27.0 Å². The summed E-state index contributed by atoms with van der Waals surface area (Å²) in [5, 5.41) is 17.6. The second-order valence-electron chi connectivity index (χ2n) is 3.42. The molecule has 0 spiro atoms. The van der Waals surface area contributed by atoms with E-state index in [0.717, 1.165) is 0 Å². The first kappa shape index (κ1) is 11.2. The number of carboxylic acid groups (broad SMARTS) is 2. The first-order valence-electron chi connectivity index (χ1n) is 4.47. The van der Waals surface area contributed by atoms with E-state index < -0.39 is 11.9 Å². The van der Waals surface area contributed by atoms with Crippen molar-refractivity contribution in [2.24, 2.45) is 0 Å². The number of aromatic carboxylic acids is 1. The molecule has 0 amide bonds. The SMILES string of the molecule is Cc1ccc(CC(=O)O)c(C)c1C(=O)O. The number of aryl methyl sites for hydroxylation is 1. The van der Waals surface area contributed by atoms with Crippen molar-refractivity contribution in [3.05, 3.63) is 34.4 Å². The first-order valence-corrected chi connectivity index (χ1v) is 4.47. The Morgan fingerprint density at radius 3 is 2.27 bits per heavy atom. The van der Waals surface area contributed by atoms with E-state index in [-0.39, 0.29) is 12.0 Å². The lowest BCUT2D eigenvalue weighted by Gasteiger charge is -2.09. The molecule has 0 heterocycles. The topological polar surface area (TPSA) is 74.6 Å². The Labute approximate surface area is 87.2 Å². The first-order chi connectivity index (χ1) is 6.93. The highest BCUT2D eigenvalue weighted by molar-refractivity contribution is 5.91. The van der Waals surface area contributed by atoms with Crippen LogP contribution in [0.2, 0.25) is 0 Å². The van der Waals surface area contributed by atoms with Gasteiger partial charge in [0.1, 0.15) is 0 Å². The second kappa shape index (κ2) is 4.13. The Bertz CT molecular complexity index is 421. The number of benzene rings is 1. The van der Waals surface area contributed by atoms with Crippen LogP contribution in [0.4, 0.5) is 0 Å². The van der Waals surface area contributed by atoms with Gasteiger partial charge in [-0.05, 0) is 30.5 Å². The zero-order chi connectivity index (χ0) is 11.6. The molecule has 0 fully saturated rings. The molecule has 0 radical (unpaired) electrons. The van der Waals surface area contributed by atoms with Gasteiger partial charge in [0.2, 0.25) is 0 Å². The fourth-order valence-corrected chi connectivity index (χ4v) is 1.57. The van der Waals surface area contributed by atoms with Crippen molar-refractivity contribution in [2.45, 2.75) is 20.3 Å². The molecule has 15 heavy (non-hydrogen) atoms. The molecular weight excluding hydrogens is 196 g/mol. The fourth-order valence-electron chi connectivity index (χ4n) is 1.57. The summed E-state index contributed by atoms with van der Waals surface area (Å²) in [5.41, 5.74) is 1.93. The van der Waals surface area contributed by atoms with Crippen LogP contribution in [-0.2, 0) is 11.2 Å². The number of hydrogen-bond acceptors (Lipinski definition) is 2. The van der Waals surface area contributed by atoms with Crippen molar-refractivity contribution in [1.82, 2.24) is 0 Å². The summed E-state index contributed by atoms with van der Waals surface area (Å²) in [5.74, 6) is -1.98. The fraction of sp³-hybridized carbons (Fsp3) is 0.273. The molecule has 0 atom stereocenters. The van der Waals surface area contributed by atoms with Crippen molar-refractivity contribution in [3.8, 4) is 0 Å². The van der Waals surface area contributed by atoms with Gasteiger partial charge in [0, 0.05) is 0 Å². The third-order valence-electron chi connectivity index (χ3n) is 2.34. The average molecular weight is 208 g/mol. The van der Waals surface area contributed by atoms with Gasteiger partial charge in [0.25, 0.3) is 0 Å². The summed E-state index contributed by atoms with van der Waals surface area (Å²) in [7, 11) is 0. The molecule has 1 aromatic rings. The number of rotatable bonds is 3. The van der Waals surface area contributed by atoms with Crippen LogP contribution in [0.5, 0.6) is 0 Å². The van der Waals surface area contributed by atoms with Gasteiger partial charge in [-0.1, -0.05) is 12.1 Å². The molecule has 0 aliphatic rings. The molecule has 4 heteroatoms. The Morgan fingerprint density at radius 1 is 1.20 bits per heavy atom. The molecular formula is C11H12O4. The predicted molar refractivity (Wildman–Crippen MR) is 54.2 cm³/mol. The van der Waals surface area contributed by atoms with E-state index in [1.807, 2.05) is 0 Å². The van der Waals surface area contributed by atoms with Crippen LogP contribution in [0, 0.1) is 13.8 Å². The molecule has 4 nitrogen and oxygen atoms in total. The number of carboxylic acids is 2. The van der Waals surface area contributed by atoms with Crippen LogP contribution in [0.15, 0.2) is 12.1 Å². The maximum absolute atomic E-state index is 10.9. The summed E-state index contributed by atoms with van der Waals surface area (Å²) in [6.07, 6.45) is -0.146. The lowest BCUT2D eigenvalue weighted by atomic mass is 9.96. The van der Waals surface area contributed by atoms with Crippen LogP contribution in [-0.4, -0.2) is 22.2 Å². The summed E-state index contributed by atoms with van der Waals surface area (Å²) >= 11 is 0. The second-order valence-corrected chi connectivity index (χ2v) is 3.42. The van der Waals surface area contributed by atoms with E-state index >= 15 is 0 Å². The van der Waals surface area contributed by atoms with E-state index in [0.29, 0.717) is 16.7 Å². The van der Waals surface area contributed by atoms with Gasteiger partial charge < -0.3 is 10.2 Å². The highest BCUT2D eigenvalue weighted by Crippen LogP contribution is 2.18. The Balaban J connectivity index is 3.28. The minimum absolute atomic E-state index is 0.146. The molecule has 0 saturated carbocycles. The molecule has 1 aromatic carbocycles. The molecule has 0 aromatic heterocycles. The smallest absolute Gasteiger partial charge is 0.336 e. The van der Waals surface area contributed by atoms with Crippen molar-refractivity contribution < 1.29 is 19.8 Å². The Kier molecular flexibility index (Phi) is 3.09. The van der Waals surface area contributed by atoms with Crippen molar-refractivity contribution >= 4 is 11.9 Å². The highest BCUT2D eigenvalue weighted by atomic mass is 16.4. The van der Waals surface area contributed by atoms with Crippen LogP contribution < -0.4 is 0 Å². The third kappa shape index (κ3) is 2.34. The molecule has 0 bridgehead atoms. The monoisotopic (exact) mass is 208 g/mol. The lowest BCUT2D eigenvalue weighted by Crippen LogP contribution is -2.08. The molecule has 0 aliphatic heterocycles. The Hall–Kier alpha value is -1.84. The summed E-state index contributed by atoms with van der Waals surface area (Å²) in [6.45, 7) is 3.33. The maximum atomic E-state index is 10.9. The number of carbonyl (C=O) groups is 2. The van der Waals surface area contributed by atoms with Gasteiger partial charge in [0.15, 0.2) is 0 Å². The van der Waals surface area contributed by atoms with Gasteiger partial charge in [-0.15, -0.1) is 0 Å². The molecule has 0 aliphatic carbocycles. The van der Waals surface area contributed by atoms with Gasteiger partial charge in [-0.25, -0.2) is 4.79 Å². The quantitative estimate of drug-likeness (QED) is 0.791. The highest BCUT2D eigenvalue weighted by Gasteiger charge is 2.14. The molecule has 80 valence electrons.